The molecular formula is C22H36O5. The highest BCUT2D eigenvalue weighted by atomic mass is 16.6. The average Bonchev–Trinajstić information content (AvgIpc) is 2.96. The number of carbonyl (C=O) groups excluding carboxylic acids is 2. The van der Waals surface area contributed by atoms with Crippen LogP contribution in [0.15, 0.2) is 11.6 Å². The van der Waals surface area contributed by atoms with Crippen LogP contribution in [0, 0.1) is 23.7 Å². The fraction of sp³-hybridized carbons (Fsp3) is 0.818. The average molecular weight is 381 g/mol. The molecule has 154 valence electrons. The Morgan fingerprint density at radius 3 is 2.41 bits per heavy atom. The molecule has 1 aliphatic heterocycles. The van der Waals surface area contributed by atoms with Gasteiger partial charge in [-0.1, -0.05) is 53.0 Å². The Kier molecular flexibility index (Phi) is 7.90. The van der Waals surface area contributed by atoms with Gasteiger partial charge in [-0.3, -0.25) is 4.79 Å². The zero-order chi connectivity index (χ0) is 20.0. The van der Waals surface area contributed by atoms with Crippen LogP contribution in [0.1, 0.15) is 72.6 Å². The van der Waals surface area contributed by atoms with Gasteiger partial charge in [-0.2, -0.15) is 0 Å². The largest absolute Gasteiger partial charge is 0.461 e. The van der Waals surface area contributed by atoms with Crippen LogP contribution in [0.25, 0.3) is 0 Å². The second-order valence-corrected chi connectivity index (χ2v) is 8.97. The van der Waals surface area contributed by atoms with Gasteiger partial charge in [-0.25, -0.2) is 4.79 Å². The van der Waals surface area contributed by atoms with Gasteiger partial charge < -0.3 is 14.6 Å². The number of esters is 2. The molecule has 1 heterocycles. The molecule has 5 nitrogen and oxygen atoms in total. The summed E-state index contributed by atoms with van der Waals surface area (Å²) in [6.07, 6.45) is 8.06. The molecule has 1 N–H and O–H groups in total. The van der Waals surface area contributed by atoms with Gasteiger partial charge in [0.1, 0.15) is 6.61 Å². The van der Waals surface area contributed by atoms with Gasteiger partial charge in [0.25, 0.3) is 0 Å². The van der Waals surface area contributed by atoms with Crippen LogP contribution in [0.2, 0.25) is 0 Å². The molecule has 5 heteroatoms. The molecule has 0 aromatic heterocycles. The van der Waals surface area contributed by atoms with Crippen molar-refractivity contribution in [2.45, 2.75) is 78.2 Å². The predicted octanol–water partition coefficient (Wildman–Crippen LogP) is 4.03. The smallest absolute Gasteiger partial charge is 0.334 e. The summed E-state index contributed by atoms with van der Waals surface area (Å²) in [4.78, 5) is 24.6. The highest BCUT2D eigenvalue weighted by molar-refractivity contribution is 5.91. The van der Waals surface area contributed by atoms with Crippen molar-refractivity contribution in [2.75, 3.05) is 13.2 Å². The molecule has 0 aromatic carbocycles. The van der Waals surface area contributed by atoms with Crippen molar-refractivity contribution >= 4 is 11.9 Å². The Morgan fingerprint density at radius 1 is 1.22 bits per heavy atom. The first-order valence-electron chi connectivity index (χ1n) is 10.5. The van der Waals surface area contributed by atoms with E-state index in [1.807, 2.05) is 6.08 Å². The summed E-state index contributed by atoms with van der Waals surface area (Å²) in [6.45, 7) is 8.36. The highest BCUT2D eigenvalue weighted by Crippen LogP contribution is 2.34. The van der Waals surface area contributed by atoms with E-state index in [1.165, 1.54) is 6.42 Å². The van der Waals surface area contributed by atoms with Gasteiger partial charge >= 0.3 is 11.9 Å². The Bertz CT molecular complexity index is 537. The number of carbonyl (C=O) groups is 2. The normalized spacial score (nSPS) is 25.6. The lowest BCUT2D eigenvalue weighted by atomic mass is 9.82. The first kappa shape index (κ1) is 21.9. The molecular weight excluding hydrogens is 344 g/mol. The summed E-state index contributed by atoms with van der Waals surface area (Å²) in [5, 5.41) is 9.83. The molecule has 0 spiro atoms. The zero-order valence-electron chi connectivity index (χ0n) is 17.3. The quantitative estimate of drug-likeness (QED) is 0.508. The first-order valence-corrected chi connectivity index (χ1v) is 10.5. The minimum absolute atomic E-state index is 0.0561. The summed E-state index contributed by atoms with van der Waals surface area (Å²) in [6, 6.07) is 0. The van der Waals surface area contributed by atoms with Gasteiger partial charge in [0.15, 0.2) is 5.60 Å². The van der Waals surface area contributed by atoms with Gasteiger partial charge in [0.2, 0.25) is 0 Å². The Hall–Kier alpha value is -1.36. The van der Waals surface area contributed by atoms with E-state index in [4.69, 9.17) is 9.47 Å². The molecule has 0 bridgehead atoms. The van der Waals surface area contributed by atoms with Gasteiger partial charge in [-0.15, -0.1) is 0 Å². The number of cyclic esters (lactones) is 1. The fourth-order valence-electron chi connectivity index (χ4n) is 4.34. The predicted molar refractivity (Wildman–Crippen MR) is 104 cm³/mol. The topological polar surface area (TPSA) is 72.8 Å². The van der Waals surface area contributed by atoms with Crippen LogP contribution in [0.3, 0.4) is 0 Å². The van der Waals surface area contributed by atoms with E-state index in [2.05, 4.69) is 27.7 Å². The Balaban J connectivity index is 1.96. The maximum atomic E-state index is 12.3. The molecule has 2 fully saturated rings. The molecule has 0 radical (unpaired) electrons. The number of aliphatic hydroxyl groups excluding tert-OH is 1. The first-order chi connectivity index (χ1) is 12.8. The summed E-state index contributed by atoms with van der Waals surface area (Å²) >= 11 is 0. The van der Waals surface area contributed by atoms with Gasteiger partial charge in [0.05, 0.1) is 12.5 Å². The van der Waals surface area contributed by atoms with Crippen molar-refractivity contribution in [3.05, 3.63) is 11.6 Å². The highest BCUT2D eigenvalue weighted by Gasteiger charge is 2.45. The molecule has 2 aliphatic rings. The van der Waals surface area contributed by atoms with Crippen molar-refractivity contribution in [2.24, 2.45) is 23.7 Å². The number of aliphatic hydroxyl groups is 1. The molecule has 1 atom stereocenters. The summed E-state index contributed by atoms with van der Waals surface area (Å²) in [5.74, 6) is 0.856. The molecule has 2 rings (SSSR count). The van der Waals surface area contributed by atoms with E-state index >= 15 is 0 Å². The third-order valence-corrected chi connectivity index (χ3v) is 6.14. The summed E-state index contributed by atoms with van der Waals surface area (Å²) in [5.41, 5.74) is -0.539. The van der Waals surface area contributed by atoms with E-state index in [-0.39, 0.29) is 25.1 Å². The summed E-state index contributed by atoms with van der Waals surface area (Å²) in [7, 11) is 0. The second kappa shape index (κ2) is 9.72. The standard InChI is InChI=1S/C22H36O5/c1-15(2)19(16(3)4)11-10-18-12-22(13-23,27-21(18)25)14-26-20(24)17-8-6-5-7-9-17/h10,15-17,19,23H,5-9,11-14H2,1-4H3/b18-10+. The lowest BCUT2D eigenvalue weighted by molar-refractivity contribution is -0.169. The number of ether oxygens (including phenoxy) is 2. The minimum atomic E-state index is -1.13. The number of hydrogen-bond donors (Lipinski definition) is 1. The van der Waals surface area contributed by atoms with Crippen LogP contribution >= 0.6 is 0 Å². The number of rotatable bonds is 8. The van der Waals surface area contributed by atoms with Crippen molar-refractivity contribution in [1.82, 2.24) is 0 Å². The number of allylic oxidation sites excluding steroid dienone is 1. The third-order valence-electron chi connectivity index (χ3n) is 6.14. The van der Waals surface area contributed by atoms with Gasteiger partial charge in [-0.05, 0) is 37.0 Å². The molecule has 1 saturated heterocycles. The van der Waals surface area contributed by atoms with E-state index in [0.717, 1.165) is 32.1 Å². The number of hydrogen-bond acceptors (Lipinski definition) is 5. The van der Waals surface area contributed by atoms with Crippen LogP contribution in [-0.2, 0) is 19.1 Å². The summed E-state index contributed by atoms with van der Waals surface area (Å²) < 4.78 is 10.9. The van der Waals surface area contributed by atoms with E-state index in [9.17, 15) is 14.7 Å². The maximum Gasteiger partial charge on any atom is 0.334 e. The van der Waals surface area contributed by atoms with E-state index in [1.54, 1.807) is 0 Å². The fourth-order valence-corrected chi connectivity index (χ4v) is 4.34. The van der Waals surface area contributed by atoms with Crippen LogP contribution in [0.4, 0.5) is 0 Å². The molecule has 1 saturated carbocycles. The van der Waals surface area contributed by atoms with Gasteiger partial charge in [0, 0.05) is 12.0 Å². The van der Waals surface area contributed by atoms with Crippen molar-refractivity contribution in [3.8, 4) is 0 Å². The van der Waals surface area contributed by atoms with Crippen molar-refractivity contribution < 1.29 is 24.2 Å². The SMILES string of the molecule is CC(C)C(C/C=C1\CC(CO)(COC(=O)C2CCCCC2)OC1=O)C(C)C. The minimum Gasteiger partial charge on any atom is -0.461 e. The van der Waals surface area contributed by atoms with E-state index in [0.29, 0.717) is 29.7 Å². The zero-order valence-corrected chi connectivity index (χ0v) is 17.3. The molecule has 0 aromatic rings. The van der Waals surface area contributed by atoms with Crippen molar-refractivity contribution in [3.63, 3.8) is 0 Å². The lowest BCUT2D eigenvalue weighted by Gasteiger charge is -2.26. The van der Waals surface area contributed by atoms with Crippen LogP contribution in [0.5, 0.6) is 0 Å². The third kappa shape index (κ3) is 5.81. The lowest BCUT2D eigenvalue weighted by Crippen LogP contribution is -2.40. The molecule has 27 heavy (non-hydrogen) atoms. The maximum absolute atomic E-state index is 12.3. The monoisotopic (exact) mass is 380 g/mol. The van der Waals surface area contributed by atoms with E-state index < -0.39 is 11.6 Å². The second-order valence-electron chi connectivity index (χ2n) is 8.97. The van der Waals surface area contributed by atoms with Crippen LogP contribution < -0.4 is 0 Å². The molecule has 0 amide bonds. The Morgan fingerprint density at radius 2 is 1.85 bits per heavy atom. The Labute approximate surface area is 163 Å². The molecule has 1 unspecified atom stereocenters. The van der Waals surface area contributed by atoms with Crippen molar-refractivity contribution in [1.29, 1.82) is 0 Å². The molecule has 1 aliphatic carbocycles. The van der Waals surface area contributed by atoms with Crippen LogP contribution in [-0.4, -0.2) is 35.9 Å².